The molecule has 17 heavy (non-hydrogen) atoms. The van der Waals surface area contributed by atoms with Gasteiger partial charge in [-0.25, -0.2) is 8.78 Å². The molecule has 0 saturated carbocycles. The third-order valence-electron chi connectivity index (χ3n) is 2.29. The monoisotopic (exact) mass is 257 g/mol. The summed E-state index contributed by atoms with van der Waals surface area (Å²) >= 11 is 1.42. The van der Waals surface area contributed by atoms with Crippen LogP contribution in [0.4, 0.5) is 8.78 Å². The summed E-state index contributed by atoms with van der Waals surface area (Å²) < 4.78 is 26.1. The zero-order chi connectivity index (χ0) is 12.5. The van der Waals surface area contributed by atoms with E-state index in [-0.39, 0.29) is 5.60 Å². The largest absolute Gasteiger partial charge is 0.265 e. The van der Waals surface area contributed by atoms with Crippen LogP contribution in [0.3, 0.4) is 0 Å². The fourth-order valence-electron chi connectivity index (χ4n) is 1.42. The lowest BCUT2D eigenvalue weighted by molar-refractivity contribution is -0.0126. The smallest absolute Gasteiger partial charge is 0.130 e. The Morgan fingerprint density at radius 1 is 1.35 bits per heavy atom. The van der Waals surface area contributed by atoms with Gasteiger partial charge in [0, 0.05) is 11.8 Å². The molecule has 0 atom stereocenters. The van der Waals surface area contributed by atoms with Gasteiger partial charge in [0.05, 0.1) is 5.03 Å². The van der Waals surface area contributed by atoms with E-state index in [4.69, 9.17) is 4.84 Å². The van der Waals surface area contributed by atoms with Gasteiger partial charge in [-0.2, -0.15) is 0 Å². The number of hydroxylamine groups is 1. The van der Waals surface area contributed by atoms with Crippen molar-refractivity contribution in [2.45, 2.75) is 25.2 Å². The molecule has 0 fully saturated rings. The molecular formula is C12H13F2NOS. The molecule has 0 aromatic heterocycles. The zero-order valence-corrected chi connectivity index (χ0v) is 10.4. The quantitative estimate of drug-likeness (QED) is 0.897. The van der Waals surface area contributed by atoms with Crippen molar-refractivity contribution in [2.24, 2.45) is 0 Å². The summed E-state index contributed by atoms with van der Waals surface area (Å²) in [5, 5.41) is 0.846. The summed E-state index contributed by atoms with van der Waals surface area (Å²) in [7, 11) is 0. The molecule has 1 aromatic carbocycles. The van der Waals surface area contributed by atoms with Gasteiger partial charge in [-0.05, 0) is 31.6 Å². The summed E-state index contributed by atoms with van der Waals surface area (Å²) in [5.74, 6) is -0.639. The maximum absolute atomic E-state index is 13.4. The first kappa shape index (κ1) is 12.4. The SMILES string of the molecule is CC1(C)C=C(SCc2ccc(F)cc2F)NO1. The average molecular weight is 257 g/mol. The molecule has 0 unspecified atom stereocenters. The Kier molecular flexibility index (Phi) is 3.40. The summed E-state index contributed by atoms with van der Waals surface area (Å²) in [6.07, 6.45) is 1.93. The summed E-state index contributed by atoms with van der Waals surface area (Å²) in [4.78, 5) is 5.27. The van der Waals surface area contributed by atoms with Crippen molar-refractivity contribution in [3.63, 3.8) is 0 Å². The van der Waals surface area contributed by atoms with Crippen molar-refractivity contribution in [3.05, 3.63) is 46.5 Å². The lowest BCUT2D eigenvalue weighted by atomic mass is 10.1. The summed E-state index contributed by atoms with van der Waals surface area (Å²) in [6.45, 7) is 3.85. The molecule has 1 N–H and O–H groups in total. The van der Waals surface area contributed by atoms with Gasteiger partial charge >= 0.3 is 0 Å². The molecule has 2 nitrogen and oxygen atoms in total. The number of benzene rings is 1. The Hall–Kier alpha value is -1.07. The minimum absolute atomic E-state index is 0.344. The predicted molar refractivity (Wildman–Crippen MR) is 64.0 cm³/mol. The normalized spacial score (nSPS) is 17.8. The van der Waals surface area contributed by atoms with E-state index in [1.54, 1.807) is 0 Å². The maximum atomic E-state index is 13.4. The Morgan fingerprint density at radius 2 is 2.12 bits per heavy atom. The highest BCUT2D eigenvalue weighted by atomic mass is 32.2. The van der Waals surface area contributed by atoms with E-state index in [9.17, 15) is 8.78 Å². The van der Waals surface area contributed by atoms with E-state index in [1.165, 1.54) is 23.9 Å². The lowest BCUT2D eigenvalue weighted by Gasteiger charge is -2.11. The van der Waals surface area contributed by atoms with Crippen LogP contribution in [-0.4, -0.2) is 5.60 Å². The molecule has 0 aliphatic carbocycles. The predicted octanol–water partition coefficient (Wildman–Crippen LogP) is 3.35. The van der Waals surface area contributed by atoms with Crippen LogP contribution in [0.2, 0.25) is 0 Å². The third kappa shape index (κ3) is 3.20. The van der Waals surface area contributed by atoms with E-state index >= 15 is 0 Å². The molecule has 0 spiro atoms. The van der Waals surface area contributed by atoms with Crippen LogP contribution in [0.5, 0.6) is 0 Å². The molecule has 1 heterocycles. The van der Waals surface area contributed by atoms with Crippen molar-refractivity contribution in [2.75, 3.05) is 0 Å². The first-order valence-electron chi connectivity index (χ1n) is 5.20. The second-order valence-electron chi connectivity index (χ2n) is 4.34. The van der Waals surface area contributed by atoms with Gasteiger partial charge in [0.1, 0.15) is 17.2 Å². The third-order valence-corrected chi connectivity index (χ3v) is 3.26. The van der Waals surface area contributed by atoms with Gasteiger partial charge in [0.2, 0.25) is 0 Å². The van der Waals surface area contributed by atoms with Gasteiger partial charge in [-0.3, -0.25) is 10.3 Å². The van der Waals surface area contributed by atoms with Crippen LogP contribution in [0.1, 0.15) is 19.4 Å². The molecule has 0 amide bonds. The van der Waals surface area contributed by atoms with Gasteiger partial charge in [0.15, 0.2) is 0 Å². The van der Waals surface area contributed by atoms with E-state index < -0.39 is 11.6 Å². The first-order valence-corrected chi connectivity index (χ1v) is 6.18. The lowest BCUT2D eigenvalue weighted by Crippen LogP contribution is -2.20. The standard InChI is InChI=1S/C12H13F2NOS/c1-12(2)6-11(15-16-12)17-7-8-3-4-9(13)5-10(8)14/h3-6,15H,7H2,1-2H3. The molecule has 0 saturated heterocycles. The van der Waals surface area contributed by atoms with Gasteiger partial charge < -0.3 is 0 Å². The van der Waals surface area contributed by atoms with Crippen LogP contribution in [0.15, 0.2) is 29.3 Å². The second kappa shape index (κ2) is 4.66. The van der Waals surface area contributed by atoms with Crippen molar-refractivity contribution >= 4 is 11.8 Å². The number of thioether (sulfide) groups is 1. The summed E-state index contributed by atoms with van der Waals surface area (Å²) in [6, 6.07) is 3.61. The number of hydrogen-bond donors (Lipinski definition) is 1. The van der Waals surface area contributed by atoms with Crippen LogP contribution in [-0.2, 0) is 10.6 Å². The maximum Gasteiger partial charge on any atom is 0.130 e. The second-order valence-corrected chi connectivity index (χ2v) is 5.36. The molecular weight excluding hydrogens is 244 g/mol. The van der Waals surface area contributed by atoms with E-state index in [0.29, 0.717) is 11.3 Å². The molecule has 1 aromatic rings. The molecule has 1 aliphatic rings. The topological polar surface area (TPSA) is 21.3 Å². The van der Waals surface area contributed by atoms with Crippen LogP contribution >= 0.6 is 11.8 Å². The van der Waals surface area contributed by atoms with Crippen molar-refractivity contribution in [1.29, 1.82) is 0 Å². The molecule has 0 bridgehead atoms. The minimum Gasteiger partial charge on any atom is -0.265 e. The van der Waals surface area contributed by atoms with E-state index in [0.717, 1.165) is 11.1 Å². The van der Waals surface area contributed by atoms with E-state index in [2.05, 4.69) is 5.48 Å². The fourth-order valence-corrected chi connectivity index (χ4v) is 2.43. The average Bonchev–Trinajstić information content (AvgIpc) is 2.57. The van der Waals surface area contributed by atoms with Crippen molar-refractivity contribution in [1.82, 2.24) is 5.48 Å². The van der Waals surface area contributed by atoms with Crippen molar-refractivity contribution in [3.8, 4) is 0 Å². The number of rotatable bonds is 3. The molecule has 92 valence electrons. The Bertz CT molecular complexity index is 460. The highest BCUT2D eigenvalue weighted by molar-refractivity contribution is 8.02. The molecule has 0 radical (unpaired) electrons. The number of nitrogens with one attached hydrogen (secondary N) is 1. The van der Waals surface area contributed by atoms with Gasteiger partial charge in [-0.1, -0.05) is 6.07 Å². The highest BCUT2D eigenvalue weighted by Crippen LogP contribution is 2.28. The Balaban J connectivity index is 1.99. The molecule has 1 aliphatic heterocycles. The highest BCUT2D eigenvalue weighted by Gasteiger charge is 2.24. The molecule has 2 rings (SSSR count). The Morgan fingerprint density at radius 3 is 2.71 bits per heavy atom. The van der Waals surface area contributed by atoms with Crippen molar-refractivity contribution < 1.29 is 13.6 Å². The fraction of sp³-hybridized carbons (Fsp3) is 0.333. The first-order chi connectivity index (χ1) is 7.96. The minimum atomic E-state index is -0.557. The van der Waals surface area contributed by atoms with Crippen LogP contribution in [0.25, 0.3) is 0 Å². The summed E-state index contributed by atoms with van der Waals surface area (Å²) in [5.41, 5.74) is 2.91. The van der Waals surface area contributed by atoms with Crippen LogP contribution < -0.4 is 5.48 Å². The van der Waals surface area contributed by atoms with Gasteiger partial charge in [-0.15, -0.1) is 11.8 Å². The Labute approximate surface area is 103 Å². The van der Waals surface area contributed by atoms with Crippen LogP contribution in [0, 0.1) is 11.6 Å². The van der Waals surface area contributed by atoms with E-state index in [1.807, 2.05) is 19.9 Å². The molecule has 5 heteroatoms. The van der Waals surface area contributed by atoms with Gasteiger partial charge in [0.25, 0.3) is 0 Å². The number of hydrogen-bond acceptors (Lipinski definition) is 3. The zero-order valence-electron chi connectivity index (χ0n) is 9.59. The number of halogens is 2.